The summed E-state index contributed by atoms with van der Waals surface area (Å²) >= 11 is 0. The molecule has 0 radical (unpaired) electrons. The molecule has 0 amide bonds. The number of hydrogen-bond donors (Lipinski definition) is 2. The summed E-state index contributed by atoms with van der Waals surface area (Å²) in [4.78, 5) is 21.6. The first kappa shape index (κ1) is 21.8. The number of carbonyl (C=O) groups is 1. The molecule has 1 aliphatic carbocycles. The third kappa shape index (κ3) is 3.06. The smallest absolute Gasteiger partial charge is 0.169 e. The van der Waals surface area contributed by atoms with E-state index in [0.717, 1.165) is 39.2 Å². The molecule has 33 heavy (non-hydrogen) atoms. The SMILES string of the molecule is C=C1C2=C(C=C3c4nc5cc(F)c(NC)c(CN(C)C)c5cc4CN13)[C@@](O)(CC)C(=O)CC2. The van der Waals surface area contributed by atoms with Crippen molar-refractivity contribution in [3.8, 4) is 0 Å². The van der Waals surface area contributed by atoms with Crippen molar-refractivity contribution in [1.29, 1.82) is 0 Å². The maximum absolute atomic E-state index is 15.0. The van der Waals surface area contributed by atoms with E-state index in [0.29, 0.717) is 49.1 Å². The number of hydrogen-bond acceptors (Lipinski definition) is 6. The summed E-state index contributed by atoms with van der Waals surface area (Å²) in [6, 6.07) is 3.57. The summed E-state index contributed by atoms with van der Waals surface area (Å²) in [7, 11) is 5.64. The maximum Gasteiger partial charge on any atom is 0.169 e. The number of ketones is 1. The molecule has 0 unspecified atom stereocenters. The number of pyridine rings is 1. The van der Waals surface area contributed by atoms with Crippen LogP contribution < -0.4 is 5.32 Å². The summed E-state index contributed by atoms with van der Waals surface area (Å²) in [5.41, 5.74) is 5.41. The molecule has 5 rings (SSSR count). The topological polar surface area (TPSA) is 68.7 Å². The first-order chi connectivity index (χ1) is 15.7. The maximum atomic E-state index is 15.0. The number of allylic oxidation sites excluding steroid dienone is 1. The van der Waals surface area contributed by atoms with Crippen molar-refractivity contribution in [2.45, 2.75) is 44.9 Å². The van der Waals surface area contributed by atoms with Gasteiger partial charge in [-0.05, 0) is 50.2 Å². The predicted octanol–water partition coefficient (Wildman–Crippen LogP) is 3.96. The lowest BCUT2D eigenvalue weighted by Gasteiger charge is -2.39. The van der Waals surface area contributed by atoms with Crippen LogP contribution in [0.1, 0.15) is 43.0 Å². The molecule has 1 aromatic carbocycles. The van der Waals surface area contributed by atoms with Crippen LogP contribution in [0.3, 0.4) is 0 Å². The van der Waals surface area contributed by atoms with Crippen LogP contribution in [0.4, 0.5) is 10.1 Å². The highest BCUT2D eigenvalue weighted by molar-refractivity contribution is 5.96. The number of anilines is 1. The largest absolute Gasteiger partial charge is 0.385 e. The number of carbonyl (C=O) groups excluding carboxylic acids is 1. The average molecular weight is 449 g/mol. The van der Waals surface area contributed by atoms with Crippen LogP contribution in [-0.2, 0) is 17.9 Å². The molecule has 0 spiro atoms. The summed E-state index contributed by atoms with van der Waals surface area (Å²) in [5.74, 6) is -0.490. The standard InChI is InChI=1S/C26H29FN4O2/c1-6-26(33)19-10-22-24-15(12-31(22)14(2)16(19)7-8-23(26)32)9-17-18(13-30(4)5)25(28-3)20(27)11-21(17)29-24/h9-11,28,33H,2,6-8,12-13H2,1,3-5H3/t26-/m0/s1. The Bertz CT molecular complexity index is 1290. The number of Topliss-reactive ketones (excluding diaryl/α,β-unsaturated/α-hetero) is 1. The van der Waals surface area contributed by atoms with Gasteiger partial charge in [-0.15, -0.1) is 0 Å². The van der Waals surface area contributed by atoms with Crippen LogP contribution in [0.25, 0.3) is 16.6 Å². The quantitative estimate of drug-likeness (QED) is 0.738. The number of fused-ring (bicyclic) bond motifs is 4. The van der Waals surface area contributed by atoms with Crippen molar-refractivity contribution in [1.82, 2.24) is 14.8 Å². The van der Waals surface area contributed by atoms with E-state index in [9.17, 15) is 14.3 Å². The van der Waals surface area contributed by atoms with Gasteiger partial charge in [-0.25, -0.2) is 9.37 Å². The lowest BCUT2D eigenvalue weighted by atomic mass is 9.74. The second-order valence-corrected chi connectivity index (χ2v) is 9.35. The Morgan fingerprint density at radius 1 is 1.33 bits per heavy atom. The van der Waals surface area contributed by atoms with Crippen LogP contribution in [-0.4, -0.2) is 52.4 Å². The zero-order valence-corrected chi connectivity index (χ0v) is 19.5. The van der Waals surface area contributed by atoms with E-state index in [1.807, 2.05) is 32.0 Å². The summed E-state index contributed by atoms with van der Waals surface area (Å²) in [5, 5.41) is 15.1. The molecule has 2 aromatic rings. The van der Waals surface area contributed by atoms with Crippen LogP contribution in [0.5, 0.6) is 0 Å². The van der Waals surface area contributed by atoms with Gasteiger partial charge >= 0.3 is 0 Å². The second-order valence-electron chi connectivity index (χ2n) is 9.35. The van der Waals surface area contributed by atoms with Gasteiger partial charge in [0.2, 0.25) is 0 Å². The van der Waals surface area contributed by atoms with Gasteiger partial charge in [0, 0.05) is 48.3 Å². The van der Waals surface area contributed by atoms with Crippen LogP contribution >= 0.6 is 0 Å². The minimum atomic E-state index is -1.50. The van der Waals surface area contributed by atoms with Gasteiger partial charge in [-0.3, -0.25) is 4.79 Å². The Labute approximate surface area is 193 Å². The van der Waals surface area contributed by atoms with E-state index in [1.54, 1.807) is 7.05 Å². The Morgan fingerprint density at radius 2 is 2.09 bits per heavy atom. The van der Waals surface area contributed by atoms with Gasteiger partial charge in [-0.1, -0.05) is 13.5 Å². The zero-order valence-electron chi connectivity index (χ0n) is 19.5. The molecule has 0 saturated heterocycles. The van der Waals surface area contributed by atoms with E-state index in [-0.39, 0.29) is 11.6 Å². The molecule has 1 atom stereocenters. The van der Waals surface area contributed by atoms with E-state index >= 15 is 0 Å². The third-order valence-electron chi connectivity index (χ3n) is 7.15. The van der Waals surface area contributed by atoms with Crippen molar-refractivity contribution in [2.75, 3.05) is 26.5 Å². The molecule has 0 fully saturated rings. The Morgan fingerprint density at radius 3 is 2.76 bits per heavy atom. The Kier molecular flexibility index (Phi) is 4.95. The number of nitrogens with zero attached hydrogens (tertiary/aromatic N) is 3. The predicted molar refractivity (Wildman–Crippen MR) is 128 cm³/mol. The van der Waals surface area contributed by atoms with Crippen molar-refractivity contribution in [3.63, 3.8) is 0 Å². The summed E-state index contributed by atoms with van der Waals surface area (Å²) < 4.78 is 15.0. The molecule has 7 heteroatoms. The number of rotatable bonds is 4. The van der Waals surface area contributed by atoms with Crippen LogP contribution in [0.15, 0.2) is 41.6 Å². The van der Waals surface area contributed by atoms with Gasteiger partial charge in [0.15, 0.2) is 5.78 Å². The highest BCUT2D eigenvalue weighted by atomic mass is 19.1. The molecule has 1 aromatic heterocycles. The van der Waals surface area contributed by atoms with Crippen molar-refractivity contribution >= 4 is 28.1 Å². The second kappa shape index (κ2) is 7.50. The molecule has 3 aliphatic rings. The highest BCUT2D eigenvalue weighted by Crippen LogP contribution is 2.48. The minimum Gasteiger partial charge on any atom is -0.385 e. The van der Waals surface area contributed by atoms with E-state index in [2.05, 4.69) is 22.9 Å². The van der Waals surface area contributed by atoms with Crippen molar-refractivity contribution in [2.24, 2.45) is 0 Å². The first-order valence-electron chi connectivity index (χ1n) is 11.3. The van der Waals surface area contributed by atoms with E-state index in [1.165, 1.54) is 6.07 Å². The zero-order chi connectivity index (χ0) is 23.7. The number of aromatic nitrogens is 1. The normalized spacial score (nSPS) is 22.0. The monoisotopic (exact) mass is 448 g/mol. The molecular formula is C26H29FN4O2. The van der Waals surface area contributed by atoms with Gasteiger partial charge in [0.25, 0.3) is 0 Å². The number of aliphatic hydroxyl groups is 1. The molecule has 6 nitrogen and oxygen atoms in total. The average Bonchev–Trinajstić information content (AvgIpc) is 3.13. The number of benzene rings is 1. The number of nitrogens with one attached hydrogen (secondary N) is 1. The van der Waals surface area contributed by atoms with Gasteiger partial charge in [-0.2, -0.15) is 0 Å². The van der Waals surface area contributed by atoms with Crippen LogP contribution in [0, 0.1) is 5.82 Å². The van der Waals surface area contributed by atoms with Crippen molar-refractivity contribution in [3.05, 3.63) is 64.3 Å². The molecule has 2 aliphatic heterocycles. The molecule has 172 valence electrons. The summed E-state index contributed by atoms with van der Waals surface area (Å²) in [6.07, 6.45) is 3.10. The lowest BCUT2D eigenvalue weighted by Crippen LogP contribution is -2.44. The van der Waals surface area contributed by atoms with E-state index < -0.39 is 5.60 Å². The molecule has 0 bridgehead atoms. The van der Waals surface area contributed by atoms with Crippen LogP contribution in [0.2, 0.25) is 0 Å². The van der Waals surface area contributed by atoms with E-state index in [4.69, 9.17) is 4.98 Å². The minimum absolute atomic E-state index is 0.151. The molecular weight excluding hydrogens is 419 g/mol. The Hall–Kier alpha value is -3.03. The summed E-state index contributed by atoms with van der Waals surface area (Å²) in [6.45, 7) is 7.32. The molecule has 0 saturated carbocycles. The van der Waals surface area contributed by atoms with Gasteiger partial charge < -0.3 is 20.2 Å². The number of halogens is 1. The third-order valence-corrected chi connectivity index (χ3v) is 7.15. The lowest BCUT2D eigenvalue weighted by molar-refractivity contribution is -0.134. The Balaban J connectivity index is 1.71. The van der Waals surface area contributed by atoms with Gasteiger partial charge in [0.1, 0.15) is 11.4 Å². The fourth-order valence-corrected chi connectivity index (χ4v) is 5.43. The van der Waals surface area contributed by atoms with Crippen molar-refractivity contribution < 1.29 is 14.3 Å². The fraction of sp³-hybridized carbons (Fsp3) is 0.385. The molecule has 2 N–H and O–H groups in total. The molecule has 3 heterocycles. The fourth-order valence-electron chi connectivity index (χ4n) is 5.43. The van der Waals surface area contributed by atoms with Gasteiger partial charge in [0.05, 0.1) is 29.1 Å². The highest BCUT2D eigenvalue weighted by Gasteiger charge is 2.46. The first-order valence-corrected chi connectivity index (χ1v) is 11.3.